The van der Waals surface area contributed by atoms with Gasteiger partial charge in [0.2, 0.25) is 0 Å². The molecule has 0 aromatic heterocycles. The van der Waals surface area contributed by atoms with E-state index < -0.39 is 0 Å². The van der Waals surface area contributed by atoms with Crippen LogP contribution in [0.15, 0.2) is 0 Å². The first-order chi connectivity index (χ1) is 10.3. The van der Waals surface area contributed by atoms with E-state index in [1.165, 1.54) is 64.2 Å². The minimum atomic E-state index is 0.257. The molecule has 1 aliphatic rings. The third-order valence-electron chi connectivity index (χ3n) is 4.42. The number of morpholine rings is 1. The summed E-state index contributed by atoms with van der Waals surface area (Å²) < 4.78 is 11.3. The quantitative estimate of drug-likeness (QED) is 0.464. The Balaban J connectivity index is 1.79. The van der Waals surface area contributed by atoms with Gasteiger partial charge in [-0.25, -0.2) is 0 Å². The molecular formula is C18H37NO2. The molecule has 21 heavy (non-hydrogen) atoms. The van der Waals surface area contributed by atoms with Crippen LogP contribution >= 0.6 is 0 Å². The third kappa shape index (κ3) is 10.3. The molecule has 126 valence electrons. The van der Waals surface area contributed by atoms with E-state index in [-0.39, 0.29) is 6.23 Å². The summed E-state index contributed by atoms with van der Waals surface area (Å²) in [6.45, 7) is 9.09. The van der Waals surface area contributed by atoms with Crippen molar-refractivity contribution in [2.24, 2.45) is 0 Å². The molecule has 0 radical (unpaired) electrons. The van der Waals surface area contributed by atoms with Crippen LogP contribution in [0.5, 0.6) is 0 Å². The fourth-order valence-corrected chi connectivity index (χ4v) is 2.89. The Morgan fingerprint density at radius 2 is 1.38 bits per heavy atom. The maximum absolute atomic E-state index is 5.92. The molecule has 0 bridgehead atoms. The van der Waals surface area contributed by atoms with E-state index in [2.05, 4.69) is 18.7 Å². The van der Waals surface area contributed by atoms with Crippen LogP contribution in [0.1, 0.15) is 78.1 Å². The second-order valence-corrected chi connectivity index (χ2v) is 6.30. The summed E-state index contributed by atoms with van der Waals surface area (Å²) in [7, 11) is 0. The second kappa shape index (κ2) is 13.5. The highest BCUT2D eigenvalue weighted by Crippen LogP contribution is 2.11. The van der Waals surface area contributed by atoms with Crippen LogP contribution in [-0.2, 0) is 9.47 Å². The molecule has 0 aliphatic carbocycles. The zero-order valence-corrected chi connectivity index (χ0v) is 14.4. The highest BCUT2D eigenvalue weighted by molar-refractivity contribution is 4.63. The Bertz CT molecular complexity index is 217. The van der Waals surface area contributed by atoms with Crippen molar-refractivity contribution < 1.29 is 9.47 Å². The zero-order valence-electron chi connectivity index (χ0n) is 14.4. The van der Waals surface area contributed by atoms with Crippen LogP contribution < -0.4 is 0 Å². The van der Waals surface area contributed by atoms with Crippen molar-refractivity contribution in [3.63, 3.8) is 0 Å². The molecule has 0 amide bonds. The van der Waals surface area contributed by atoms with Gasteiger partial charge in [-0.15, -0.1) is 0 Å². The van der Waals surface area contributed by atoms with Crippen molar-refractivity contribution in [2.75, 3.05) is 32.9 Å². The van der Waals surface area contributed by atoms with E-state index in [1.54, 1.807) is 0 Å². The number of unbranched alkanes of at least 4 members (excludes halogenated alkanes) is 9. The SMILES string of the molecule is CCCCCCCCCCCCOC(C)N1CCOCC1. The molecule has 1 unspecified atom stereocenters. The smallest absolute Gasteiger partial charge is 0.107 e. The lowest BCUT2D eigenvalue weighted by molar-refractivity contribution is -0.0872. The van der Waals surface area contributed by atoms with Gasteiger partial charge in [0.1, 0.15) is 6.23 Å². The van der Waals surface area contributed by atoms with Crippen molar-refractivity contribution in [2.45, 2.75) is 84.3 Å². The molecule has 1 atom stereocenters. The van der Waals surface area contributed by atoms with Gasteiger partial charge in [-0.1, -0.05) is 64.7 Å². The van der Waals surface area contributed by atoms with Crippen LogP contribution in [0, 0.1) is 0 Å². The third-order valence-corrected chi connectivity index (χ3v) is 4.42. The fourth-order valence-electron chi connectivity index (χ4n) is 2.89. The van der Waals surface area contributed by atoms with Gasteiger partial charge >= 0.3 is 0 Å². The number of ether oxygens (including phenoxy) is 2. The van der Waals surface area contributed by atoms with Crippen molar-refractivity contribution in [3.8, 4) is 0 Å². The predicted molar refractivity (Wildman–Crippen MR) is 89.7 cm³/mol. The van der Waals surface area contributed by atoms with Crippen LogP contribution in [0.4, 0.5) is 0 Å². The second-order valence-electron chi connectivity index (χ2n) is 6.30. The first-order valence-electron chi connectivity index (χ1n) is 9.28. The van der Waals surface area contributed by atoms with E-state index in [9.17, 15) is 0 Å². The average Bonchev–Trinajstić information content (AvgIpc) is 2.53. The lowest BCUT2D eigenvalue weighted by atomic mass is 10.1. The summed E-state index contributed by atoms with van der Waals surface area (Å²) in [6, 6.07) is 0. The topological polar surface area (TPSA) is 21.7 Å². The maximum atomic E-state index is 5.92. The molecular weight excluding hydrogens is 262 g/mol. The molecule has 0 aromatic rings. The number of hydrogen-bond donors (Lipinski definition) is 0. The van der Waals surface area contributed by atoms with E-state index >= 15 is 0 Å². The molecule has 1 saturated heterocycles. The van der Waals surface area contributed by atoms with E-state index in [0.29, 0.717) is 0 Å². The monoisotopic (exact) mass is 299 g/mol. The standard InChI is InChI=1S/C18H37NO2/c1-3-4-5-6-7-8-9-10-11-12-15-21-18(2)19-13-16-20-17-14-19/h18H,3-17H2,1-2H3. The summed E-state index contributed by atoms with van der Waals surface area (Å²) in [5, 5.41) is 0. The van der Waals surface area contributed by atoms with Gasteiger partial charge < -0.3 is 9.47 Å². The van der Waals surface area contributed by atoms with Gasteiger partial charge in [0.15, 0.2) is 0 Å². The van der Waals surface area contributed by atoms with E-state index in [0.717, 1.165) is 32.9 Å². The molecule has 0 N–H and O–H groups in total. The largest absolute Gasteiger partial charge is 0.379 e. The van der Waals surface area contributed by atoms with E-state index in [1.807, 2.05) is 0 Å². The first-order valence-corrected chi connectivity index (χ1v) is 9.28. The van der Waals surface area contributed by atoms with Crippen molar-refractivity contribution in [1.29, 1.82) is 0 Å². The molecule has 0 saturated carbocycles. The van der Waals surface area contributed by atoms with Crippen LogP contribution in [0.3, 0.4) is 0 Å². The highest BCUT2D eigenvalue weighted by Gasteiger charge is 2.16. The molecule has 3 nitrogen and oxygen atoms in total. The van der Waals surface area contributed by atoms with Gasteiger partial charge in [0, 0.05) is 19.7 Å². The molecule has 1 fully saturated rings. The Morgan fingerprint density at radius 3 is 1.95 bits per heavy atom. The minimum absolute atomic E-state index is 0.257. The highest BCUT2D eigenvalue weighted by atomic mass is 16.5. The van der Waals surface area contributed by atoms with Gasteiger partial charge in [0.25, 0.3) is 0 Å². The number of nitrogens with zero attached hydrogens (tertiary/aromatic N) is 1. The predicted octanol–water partition coefficient (Wildman–Crippen LogP) is 4.60. The van der Waals surface area contributed by atoms with Gasteiger partial charge in [0.05, 0.1) is 13.2 Å². The normalized spacial score (nSPS) is 18.0. The first kappa shape index (κ1) is 18.9. The Hall–Kier alpha value is -0.120. The molecule has 0 aromatic carbocycles. The Labute approximate surface area is 132 Å². The summed E-state index contributed by atoms with van der Waals surface area (Å²) >= 11 is 0. The Kier molecular flexibility index (Phi) is 12.2. The molecule has 3 heteroatoms. The maximum Gasteiger partial charge on any atom is 0.107 e. The summed E-state index contributed by atoms with van der Waals surface area (Å²) in [6.07, 6.45) is 14.1. The molecule has 1 rings (SSSR count). The summed E-state index contributed by atoms with van der Waals surface area (Å²) in [5.74, 6) is 0. The van der Waals surface area contributed by atoms with Gasteiger partial charge in [-0.3, -0.25) is 4.90 Å². The summed E-state index contributed by atoms with van der Waals surface area (Å²) in [4.78, 5) is 2.37. The van der Waals surface area contributed by atoms with Crippen LogP contribution in [0.25, 0.3) is 0 Å². The fraction of sp³-hybridized carbons (Fsp3) is 1.00. The van der Waals surface area contributed by atoms with Crippen molar-refractivity contribution in [3.05, 3.63) is 0 Å². The molecule has 0 spiro atoms. The van der Waals surface area contributed by atoms with E-state index in [4.69, 9.17) is 9.47 Å². The van der Waals surface area contributed by atoms with Crippen LogP contribution in [0.2, 0.25) is 0 Å². The van der Waals surface area contributed by atoms with Crippen LogP contribution in [-0.4, -0.2) is 44.0 Å². The lowest BCUT2D eigenvalue weighted by Gasteiger charge is -2.32. The van der Waals surface area contributed by atoms with Crippen molar-refractivity contribution >= 4 is 0 Å². The van der Waals surface area contributed by atoms with Gasteiger partial charge in [-0.2, -0.15) is 0 Å². The zero-order chi connectivity index (χ0) is 15.2. The molecule has 1 heterocycles. The molecule has 1 aliphatic heterocycles. The lowest BCUT2D eigenvalue weighted by Crippen LogP contribution is -2.43. The number of rotatable bonds is 13. The Morgan fingerprint density at radius 1 is 0.857 bits per heavy atom. The average molecular weight is 299 g/mol. The van der Waals surface area contributed by atoms with Gasteiger partial charge in [-0.05, 0) is 13.3 Å². The summed E-state index contributed by atoms with van der Waals surface area (Å²) in [5.41, 5.74) is 0. The van der Waals surface area contributed by atoms with Crippen molar-refractivity contribution in [1.82, 2.24) is 4.90 Å². The minimum Gasteiger partial charge on any atom is -0.379 e. The number of hydrogen-bond acceptors (Lipinski definition) is 3.